The molecule has 0 fully saturated rings. The van der Waals surface area contributed by atoms with Crippen molar-refractivity contribution >= 4 is 17.7 Å². The highest BCUT2D eigenvalue weighted by Crippen LogP contribution is 2.46. The van der Waals surface area contributed by atoms with Crippen LogP contribution in [-0.4, -0.2) is 51.0 Å². The number of nitriles is 1. The molecule has 1 amide bonds. The maximum absolute atomic E-state index is 13.9. The maximum atomic E-state index is 13.9. The number of hydrogen-bond acceptors (Lipinski definition) is 9. The van der Waals surface area contributed by atoms with Crippen LogP contribution in [-0.2, 0) is 34.5 Å². The third-order valence-electron chi connectivity index (χ3n) is 7.97. The summed E-state index contributed by atoms with van der Waals surface area (Å²) in [6.45, 7) is 0.793. The third-order valence-corrected chi connectivity index (χ3v) is 7.97. The number of alkyl halides is 9. The van der Waals surface area contributed by atoms with Crippen LogP contribution in [0.25, 0.3) is 0 Å². The van der Waals surface area contributed by atoms with Gasteiger partial charge in [-0.2, -0.15) is 44.8 Å². The number of aromatic nitrogens is 3. The molecule has 0 aliphatic carbocycles. The minimum absolute atomic E-state index is 0.0355. The molecule has 280 valence electrons. The van der Waals surface area contributed by atoms with Gasteiger partial charge in [0.2, 0.25) is 0 Å². The van der Waals surface area contributed by atoms with Crippen LogP contribution in [0, 0.1) is 11.3 Å². The number of nitrogens with two attached hydrogens (primary N) is 1. The molecule has 0 saturated heterocycles. The van der Waals surface area contributed by atoms with Gasteiger partial charge in [0.25, 0.3) is 0 Å². The average Bonchev–Trinajstić information content (AvgIpc) is 3.05. The zero-order chi connectivity index (χ0) is 38.6. The summed E-state index contributed by atoms with van der Waals surface area (Å²) in [7, 11) is 0. The smallest absolute Gasteiger partial charge is 0.433 e. The van der Waals surface area contributed by atoms with Gasteiger partial charge in [0.15, 0.2) is 5.75 Å². The molecule has 0 unspecified atom stereocenters. The monoisotopic (exact) mass is 748 g/mol. The van der Waals surface area contributed by atoms with Crippen molar-refractivity contribution in [3.63, 3.8) is 0 Å². The van der Waals surface area contributed by atoms with Crippen molar-refractivity contribution in [2.45, 2.75) is 75.6 Å². The standard InChI is InChI=1S/C32H29F9N6O5/c1-2-29(43)15-20(26-22(5-6-24(46-26)32(39,40)41)47(29)28(50)52-10-7-25(48)49)27-44-16-23(51-9-4-3-8-42)21(45-27)13-17-11-18(30(33,34)35)14-19(12-17)31(36,37)38/h5-6,11-12,14,16,20H,2-4,7,9-10,13,15,43H2,1H3,(H,48,49)/t20-,29+/m0/s1. The van der Waals surface area contributed by atoms with Gasteiger partial charge in [-0.25, -0.2) is 19.7 Å². The van der Waals surface area contributed by atoms with E-state index in [-0.39, 0.29) is 54.9 Å². The van der Waals surface area contributed by atoms with Crippen LogP contribution in [0.15, 0.2) is 36.5 Å². The Kier molecular flexibility index (Phi) is 11.6. The normalized spacial score (nSPS) is 17.7. The number of ether oxygens (including phenoxy) is 2. The van der Waals surface area contributed by atoms with Gasteiger partial charge < -0.3 is 20.3 Å². The highest BCUT2D eigenvalue weighted by Gasteiger charge is 2.48. The van der Waals surface area contributed by atoms with Gasteiger partial charge in [0.1, 0.15) is 23.8 Å². The molecule has 4 rings (SSSR count). The predicted octanol–water partition coefficient (Wildman–Crippen LogP) is 7.22. The second kappa shape index (κ2) is 15.2. The van der Waals surface area contributed by atoms with Crippen LogP contribution in [0.2, 0.25) is 0 Å². The molecule has 20 heteroatoms. The fourth-order valence-electron chi connectivity index (χ4n) is 5.42. The van der Waals surface area contributed by atoms with E-state index in [0.29, 0.717) is 18.2 Å². The highest BCUT2D eigenvalue weighted by atomic mass is 19.4. The SMILES string of the molecule is CC[C@]1(N)C[C@H](c2ncc(OCCCC#N)c(Cc3cc(C(F)(F)F)cc(C(F)(F)F)c3)n2)c2nc(C(F)(F)F)ccc2N1C(=O)OCCC(=O)O. The Bertz CT molecular complexity index is 1810. The van der Waals surface area contributed by atoms with E-state index in [9.17, 15) is 49.1 Å². The molecular weight excluding hydrogens is 719 g/mol. The van der Waals surface area contributed by atoms with Crippen LogP contribution < -0.4 is 15.4 Å². The number of unbranched alkanes of at least 4 members (excludes halogenated alkanes) is 1. The van der Waals surface area contributed by atoms with Gasteiger partial charge in [0, 0.05) is 12.8 Å². The van der Waals surface area contributed by atoms with E-state index in [1.54, 1.807) is 0 Å². The summed E-state index contributed by atoms with van der Waals surface area (Å²) in [5.41, 5.74) is -1.13. The molecular formula is C32H29F9N6O5. The van der Waals surface area contributed by atoms with Crippen molar-refractivity contribution in [2.75, 3.05) is 18.1 Å². The summed E-state index contributed by atoms with van der Waals surface area (Å²) in [5.74, 6) is -3.15. The molecule has 2 atom stereocenters. The van der Waals surface area contributed by atoms with E-state index < -0.39 is 96.1 Å². The second-order valence-corrected chi connectivity index (χ2v) is 11.6. The molecule has 1 aromatic carbocycles. The van der Waals surface area contributed by atoms with Crippen molar-refractivity contribution in [1.82, 2.24) is 15.0 Å². The third kappa shape index (κ3) is 9.18. The summed E-state index contributed by atoms with van der Waals surface area (Å²) in [5, 5.41) is 17.8. The van der Waals surface area contributed by atoms with Crippen LogP contribution in [0.1, 0.15) is 84.5 Å². The molecule has 3 aromatic rings. The summed E-state index contributed by atoms with van der Waals surface area (Å²) in [6.07, 6.45) is -17.0. The van der Waals surface area contributed by atoms with E-state index in [4.69, 9.17) is 25.6 Å². The molecule has 11 nitrogen and oxygen atoms in total. The lowest BCUT2D eigenvalue weighted by molar-refractivity contribution is -0.143. The molecule has 0 bridgehead atoms. The summed E-state index contributed by atoms with van der Waals surface area (Å²) < 4.78 is 134. The number of carbonyl (C=O) groups is 2. The minimum atomic E-state index is -5.16. The zero-order valence-corrected chi connectivity index (χ0v) is 27.0. The van der Waals surface area contributed by atoms with Crippen LogP contribution in [0.4, 0.5) is 50.0 Å². The second-order valence-electron chi connectivity index (χ2n) is 11.6. The number of nitrogens with zero attached hydrogens (tertiary/aromatic N) is 5. The Hall–Kier alpha value is -5.19. The first-order valence-electron chi connectivity index (χ1n) is 15.4. The molecule has 0 saturated carbocycles. The lowest BCUT2D eigenvalue weighted by Crippen LogP contribution is -2.62. The quantitative estimate of drug-likeness (QED) is 0.151. The first kappa shape index (κ1) is 39.6. The fraction of sp³-hybridized carbons (Fsp3) is 0.438. The highest BCUT2D eigenvalue weighted by molar-refractivity contribution is 5.91. The predicted molar refractivity (Wildman–Crippen MR) is 161 cm³/mol. The number of anilines is 1. The van der Waals surface area contributed by atoms with E-state index in [1.807, 2.05) is 6.07 Å². The number of pyridine rings is 1. The number of fused-ring (bicyclic) bond motifs is 1. The number of benzene rings is 1. The average molecular weight is 749 g/mol. The largest absolute Gasteiger partial charge is 0.490 e. The topological polar surface area (TPSA) is 165 Å². The maximum Gasteiger partial charge on any atom is 0.433 e. The summed E-state index contributed by atoms with van der Waals surface area (Å²) in [4.78, 5) is 37.4. The number of carbonyl (C=O) groups excluding carboxylic acids is 1. The summed E-state index contributed by atoms with van der Waals surface area (Å²) in [6, 6.07) is 4.28. The number of rotatable bonds is 11. The van der Waals surface area contributed by atoms with Gasteiger partial charge in [-0.1, -0.05) is 6.92 Å². The molecule has 1 aliphatic rings. The zero-order valence-electron chi connectivity index (χ0n) is 27.0. The molecule has 3 N–H and O–H groups in total. The van der Waals surface area contributed by atoms with Gasteiger partial charge in [-0.3, -0.25) is 9.69 Å². The van der Waals surface area contributed by atoms with E-state index >= 15 is 0 Å². The van der Waals surface area contributed by atoms with Gasteiger partial charge in [-0.05, 0) is 55.2 Å². The Morgan fingerprint density at radius 1 is 1.02 bits per heavy atom. The Morgan fingerprint density at radius 3 is 2.23 bits per heavy atom. The fourth-order valence-corrected chi connectivity index (χ4v) is 5.42. The lowest BCUT2D eigenvalue weighted by atomic mass is 9.83. The number of halogens is 9. The van der Waals surface area contributed by atoms with Crippen LogP contribution in [0.5, 0.6) is 5.75 Å². The molecule has 0 radical (unpaired) electrons. The minimum Gasteiger partial charge on any atom is -0.490 e. The van der Waals surface area contributed by atoms with Gasteiger partial charge >= 0.3 is 30.6 Å². The Balaban J connectivity index is 1.89. The van der Waals surface area contributed by atoms with E-state index in [2.05, 4.69) is 15.0 Å². The number of hydrogen-bond donors (Lipinski definition) is 2. The Labute approximate surface area is 289 Å². The molecule has 0 spiro atoms. The molecule has 2 aromatic heterocycles. The van der Waals surface area contributed by atoms with Crippen molar-refractivity contribution in [1.29, 1.82) is 5.26 Å². The van der Waals surface area contributed by atoms with Crippen molar-refractivity contribution in [3.8, 4) is 11.8 Å². The molecule has 3 heterocycles. The first-order valence-corrected chi connectivity index (χ1v) is 15.4. The van der Waals surface area contributed by atoms with Crippen LogP contribution in [0.3, 0.4) is 0 Å². The van der Waals surface area contributed by atoms with E-state index in [0.717, 1.165) is 17.2 Å². The Morgan fingerprint density at radius 2 is 1.67 bits per heavy atom. The number of carboxylic acid groups (broad SMARTS) is 1. The number of carboxylic acids is 1. The number of amides is 1. The lowest BCUT2D eigenvalue weighted by Gasteiger charge is -2.46. The van der Waals surface area contributed by atoms with Gasteiger partial charge in [-0.15, -0.1) is 0 Å². The van der Waals surface area contributed by atoms with Crippen molar-refractivity contribution < 1.29 is 63.7 Å². The number of aliphatic carboxylic acids is 1. The van der Waals surface area contributed by atoms with Gasteiger partial charge in [0.05, 0.1) is 59.4 Å². The van der Waals surface area contributed by atoms with Crippen molar-refractivity contribution in [2.24, 2.45) is 5.73 Å². The summed E-state index contributed by atoms with van der Waals surface area (Å²) >= 11 is 0. The van der Waals surface area contributed by atoms with E-state index in [1.165, 1.54) is 6.92 Å². The molecule has 1 aliphatic heterocycles. The van der Waals surface area contributed by atoms with Crippen LogP contribution >= 0.6 is 0 Å². The first-order chi connectivity index (χ1) is 24.2. The molecule has 52 heavy (non-hydrogen) atoms. The van der Waals surface area contributed by atoms with Crippen molar-refractivity contribution in [3.05, 3.63) is 76.1 Å².